The number of fused-ring (bicyclic) bond motifs is 1. The number of rotatable bonds is 4. The van der Waals surface area contributed by atoms with E-state index in [1.165, 1.54) is 6.26 Å². The number of hydrogen-bond acceptors (Lipinski definition) is 3. The number of nitrogens with one attached hydrogen (secondary N) is 1. The highest BCUT2D eigenvalue weighted by Gasteiger charge is 2.42. The van der Waals surface area contributed by atoms with Crippen LogP contribution in [0.1, 0.15) is 35.5 Å². The van der Waals surface area contributed by atoms with Crippen molar-refractivity contribution in [2.24, 2.45) is 0 Å². The third kappa shape index (κ3) is 2.63. The van der Waals surface area contributed by atoms with Gasteiger partial charge in [0.2, 0.25) is 5.91 Å². The normalized spacial score (nSPS) is 15.6. The minimum atomic E-state index is -0.502. The van der Waals surface area contributed by atoms with E-state index in [2.05, 4.69) is 11.4 Å². The second-order valence-electron chi connectivity index (χ2n) is 6.32. The molecule has 3 rings (SSSR count). The molecule has 1 aromatic heterocycles. The number of furan rings is 1. The van der Waals surface area contributed by atoms with Gasteiger partial charge in [0.15, 0.2) is 5.76 Å². The SMILES string of the molecule is CN1C(=O)C(C)(C)c2cc(CCNC(=O)c3ccco3)ccc21. The molecule has 0 fully saturated rings. The van der Waals surface area contributed by atoms with E-state index in [0.29, 0.717) is 18.7 Å². The first-order valence-electron chi connectivity index (χ1n) is 7.64. The summed E-state index contributed by atoms with van der Waals surface area (Å²) < 4.78 is 5.05. The number of amides is 2. The average molecular weight is 312 g/mol. The zero-order valence-electron chi connectivity index (χ0n) is 13.6. The first-order chi connectivity index (χ1) is 10.9. The van der Waals surface area contributed by atoms with E-state index in [1.807, 2.05) is 26.0 Å². The summed E-state index contributed by atoms with van der Waals surface area (Å²) in [6.45, 7) is 4.41. The number of nitrogens with zero attached hydrogens (tertiary/aromatic N) is 1. The third-order valence-electron chi connectivity index (χ3n) is 4.38. The molecule has 5 nitrogen and oxygen atoms in total. The number of hydrogen-bond donors (Lipinski definition) is 1. The predicted octanol–water partition coefficient (Wildman–Crippen LogP) is 2.51. The number of anilines is 1. The van der Waals surface area contributed by atoms with Gasteiger partial charge in [-0.1, -0.05) is 12.1 Å². The van der Waals surface area contributed by atoms with Gasteiger partial charge >= 0.3 is 0 Å². The number of benzene rings is 1. The van der Waals surface area contributed by atoms with E-state index >= 15 is 0 Å². The first kappa shape index (κ1) is 15.3. The fourth-order valence-electron chi connectivity index (χ4n) is 2.99. The molecule has 5 heteroatoms. The Morgan fingerprint density at radius 1 is 1.30 bits per heavy atom. The molecule has 23 heavy (non-hydrogen) atoms. The number of likely N-dealkylation sites (N-methyl/N-ethyl adjacent to an activating group) is 1. The Morgan fingerprint density at radius 3 is 2.78 bits per heavy atom. The molecular weight excluding hydrogens is 292 g/mol. The quantitative estimate of drug-likeness (QED) is 0.943. The van der Waals surface area contributed by atoms with Crippen LogP contribution in [-0.2, 0) is 16.6 Å². The molecule has 0 bridgehead atoms. The standard InChI is InChI=1S/C18H20N2O3/c1-18(2)13-11-12(6-7-14(13)20(3)17(18)22)8-9-19-16(21)15-5-4-10-23-15/h4-7,10-11H,8-9H2,1-3H3,(H,19,21). The summed E-state index contributed by atoms with van der Waals surface area (Å²) in [5.74, 6) is 0.203. The van der Waals surface area contributed by atoms with Crippen LogP contribution in [0.5, 0.6) is 0 Å². The Labute approximate surface area is 135 Å². The molecule has 0 unspecified atom stereocenters. The van der Waals surface area contributed by atoms with E-state index in [4.69, 9.17) is 4.42 Å². The maximum absolute atomic E-state index is 12.3. The van der Waals surface area contributed by atoms with Crippen molar-refractivity contribution in [3.8, 4) is 0 Å². The van der Waals surface area contributed by atoms with Crippen LogP contribution in [0.3, 0.4) is 0 Å². The topological polar surface area (TPSA) is 62.6 Å². The molecular formula is C18H20N2O3. The summed E-state index contributed by atoms with van der Waals surface area (Å²) in [6, 6.07) is 9.37. The van der Waals surface area contributed by atoms with Gasteiger partial charge in [-0.3, -0.25) is 9.59 Å². The first-order valence-corrected chi connectivity index (χ1v) is 7.64. The van der Waals surface area contributed by atoms with Crippen molar-refractivity contribution in [2.45, 2.75) is 25.7 Å². The van der Waals surface area contributed by atoms with Crippen molar-refractivity contribution in [1.82, 2.24) is 5.32 Å². The van der Waals surface area contributed by atoms with Crippen LogP contribution in [0.4, 0.5) is 5.69 Å². The molecule has 2 heterocycles. The van der Waals surface area contributed by atoms with Crippen LogP contribution in [0, 0.1) is 0 Å². The van der Waals surface area contributed by atoms with E-state index in [1.54, 1.807) is 24.1 Å². The molecule has 1 aromatic carbocycles. The summed E-state index contributed by atoms with van der Waals surface area (Å²) in [6.07, 6.45) is 2.18. The highest BCUT2D eigenvalue weighted by Crippen LogP contribution is 2.41. The molecule has 1 N–H and O–H groups in total. The van der Waals surface area contributed by atoms with Crippen molar-refractivity contribution < 1.29 is 14.0 Å². The predicted molar refractivity (Wildman–Crippen MR) is 87.6 cm³/mol. The monoisotopic (exact) mass is 312 g/mol. The second kappa shape index (κ2) is 5.57. The molecule has 120 valence electrons. The van der Waals surface area contributed by atoms with Crippen LogP contribution in [-0.4, -0.2) is 25.4 Å². The van der Waals surface area contributed by atoms with Gasteiger partial charge in [-0.05, 0) is 49.6 Å². The second-order valence-corrected chi connectivity index (χ2v) is 6.32. The molecule has 2 amide bonds. The van der Waals surface area contributed by atoms with Crippen molar-refractivity contribution in [2.75, 3.05) is 18.5 Å². The lowest BCUT2D eigenvalue weighted by molar-refractivity contribution is -0.121. The van der Waals surface area contributed by atoms with Gasteiger partial charge in [0.25, 0.3) is 5.91 Å². The highest BCUT2D eigenvalue weighted by atomic mass is 16.3. The lowest BCUT2D eigenvalue weighted by Crippen LogP contribution is -2.33. The molecule has 2 aromatic rings. The average Bonchev–Trinajstić information content (AvgIpc) is 3.12. The largest absolute Gasteiger partial charge is 0.459 e. The zero-order valence-corrected chi connectivity index (χ0v) is 13.6. The van der Waals surface area contributed by atoms with Crippen molar-refractivity contribution in [1.29, 1.82) is 0 Å². The molecule has 1 aliphatic rings. The minimum Gasteiger partial charge on any atom is -0.459 e. The van der Waals surface area contributed by atoms with Gasteiger partial charge in [-0.2, -0.15) is 0 Å². The third-order valence-corrected chi connectivity index (χ3v) is 4.38. The molecule has 0 spiro atoms. The summed E-state index contributed by atoms with van der Waals surface area (Å²) in [5, 5.41) is 2.83. The Balaban J connectivity index is 1.68. The van der Waals surface area contributed by atoms with Gasteiger partial charge in [-0.25, -0.2) is 0 Å². The van der Waals surface area contributed by atoms with Gasteiger partial charge in [-0.15, -0.1) is 0 Å². The number of carbonyl (C=O) groups excluding carboxylic acids is 2. The van der Waals surface area contributed by atoms with Gasteiger partial charge < -0.3 is 14.6 Å². The fraction of sp³-hybridized carbons (Fsp3) is 0.333. The summed E-state index contributed by atoms with van der Waals surface area (Å²) >= 11 is 0. The van der Waals surface area contributed by atoms with E-state index in [-0.39, 0.29) is 11.8 Å². The Kier molecular flexibility index (Phi) is 3.72. The molecule has 1 aliphatic heterocycles. The zero-order chi connectivity index (χ0) is 16.6. The van der Waals surface area contributed by atoms with Crippen LogP contribution in [0.25, 0.3) is 0 Å². The summed E-state index contributed by atoms with van der Waals surface area (Å²) in [7, 11) is 1.80. The maximum Gasteiger partial charge on any atom is 0.286 e. The lowest BCUT2D eigenvalue weighted by Gasteiger charge is -2.16. The Hall–Kier alpha value is -2.56. The van der Waals surface area contributed by atoms with Gasteiger partial charge in [0.05, 0.1) is 11.7 Å². The van der Waals surface area contributed by atoms with Crippen molar-refractivity contribution in [3.63, 3.8) is 0 Å². The lowest BCUT2D eigenvalue weighted by atomic mass is 9.85. The summed E-state index contributed by atoms with van der Waals surface area (Å²) in [5.41, 5.74) is 2.60. The van der Waals surface area contributed by atoms with Crippen molar-refractivity contribution >= 4 is 17.5 Å². The Morgan fingerprint density at radius 2 is 2.09 bits per heavy atom. The molecule has 0 radical (unpaired) electrons. The van der Waals surface area contributed by atoms with E-state index in [9.17, 15) is 9.59 Å². The molecule has 0 saturated heterocycles. The highest BCUT2D eigenvalue weighted by molar-refractivity contribution is 6.07. The van der Waals surface area contributed by atoms with E-state index in [0.717, 1.165) is 16.8 Å². The van der Waals surface area contributed by atoms with Crippen LogP contribution >= 0.6 is 0 Å². The Bertz CT molecular complexity index is 748. The minimum absolute atomic E-state index is 0.107. The molecule has 0 saturated carbocycles. The molecule has 0 aliphatic carbocycles. The van der Waals surface area contributed by atoms with E-state index < -0.39 is 5.41 Å². The van der Waals surface area contributed by atoms with Gasteiger partial charge in [0.1, 0.15) is 0 Å². The number of carbonyl (C=O) groups is 2. The fourth-order valence-corrected chi connectivity index (χ4v) is 2.99. The smallest absolute Gasteiger partial charge is 0.286 e. The van der Waals surface area contributed by atoms with Crippen molar-refractivity contribution in [3.05, 3.63) is 53.5 Å². The van der Waals surface area contributed by atoms with Gasteiger partial charge in [0, 0.05) is 19.3 Å². The van der Waals surface area contributed by atoms with Crippen LogP contribution in [0.2, 0.25) is 0 Å². The van der Waals surface area contributed by atoms with Crippen LogP contribution < -0.4 is 10.2 Å². The van der Waals surface area contributed by atoms with Crippen LogP contribution in [0.15, 0.2) is 41.0 Å². The molecule has 0 atom stereocenters. The maximum atomic E-state index is 12.3. The summed E-state index contributed by atoms with van der Waals surface area (Å²) in [4.78, 5) is 25.8.